The highest BCUT2D eigenvalue weighted by atomic mass is 35.5. The van der Waals surface area contributed by atoms with Crippen LogP contribution in [0.1, 0.15) is 43.0 Å². The SMILES string of the molecule is CC1CCC(O)(CNC(=O)c2cccc(Cl)c2F)CC1. The van der Waals surface area contributed by atoms with Gasteiger partial charge in [-0.15, -0.1) is 0 Å². The summed E-state index contributed by atoms with van der Waals surface area (Å²) in [6.07, 6.45) is 3.20. The fourth-order valence-electron chi connectivity index (χ4n) is 2.50. The third-order valence-electron chi connectivity index (χ3n) is 3.98. The van der Waals surface area contributed by atoms with Crippen molar-refractivity contribution in [3.63, 3.8) is 0 Å². The van der Waals surface area contributed by atoms with E-state index in [0.29, 0.717) is 18.8 Å². The lowest BCUT2D eigenvalue weighted by atomic mass is 9.79. The Morgan fingerprint density at radius 2 is 2.15 bits per heavy atom. The van der Waals surface area contributed by atoms with Crippen LogP contribution in [0.3, 0.4) is 0 Å². The van der Waals surface area contributed by atoms with Gasteiger partial charge >= 0.3 is 0 Å². The predicted octanol–water partition coefficient (Wildman–Crippen LogP) is 3.15. The van der Waals surface area contributed by atoms with Gasteiger partial charge in [0, 0.05) is 6.54 Å². The number of amides is 1. The van der Waals surface area contributed by atoms with Gasteiger partial charge in [0.05, 0.1) is 16.2 Å². The molecule has 0 aromatic heterocycles. The van der Waals surface area contributed by atoms with Crippen LogP contribution in [0.5, 0.6) is 0 Å². The summed E-state index contributed by atoms with van der Waals surface area (Å²) >= 11 is 5.65. The zero-order valence-electron chi connectivity index (χ0n) is 11.5. The van der Waals surface area contributed by atoms with Gasteiger partial charge in [-0.25, -0.2) is 4.39 Å². The molecule has 5 heteroatoms. The Hall–Kier alpha value is -1.13. The molecule has 0 bridgehead atoms. The van der Waals surface area contributed by atoms with Crippen molar-refractivity contribution in [2.45, 2.75) is 38.2 Å². The maximum absolute atomic E-state index is 13.7. The number of carbonyl (C=O) groups excluding carboxylic acids is 1. The van der Waals surface area contributed by atoms with Gasteiger partial charge in [0.25, 0.3) is 5.91 Å². The molecule has 1 amide bonds. The summed E-state index contributed by atoms with van der Waals surface area (Å²) in [6.45, 7) is 2.30. The highest BCUT2D eigenvalue weighted by Gasteiger charge is 2.32. The summed E-state index contributed by atoms with van der Waals surface area (Å²) in [4.78, 5) is 11.9. The molecule has 0 spiro atoms. The van der Waals surface area contributed by atoms with Gasteiger partial charge in [-0.1, -0.05) is 24.6 Å². The van der Waals surface area contributed by atoms with Crippen LogP contribution < -0.4 is 5.32 Å². The van der Waals surface area contributed by atoms with Crippen molar-refractivity contribution in [1.29, 1.82) is 0 Å². The first-order valence-electron chi connectivity index (χ1n) is 6.86. The zero-order chi connectivity index (χ0) is 14.8. The van der Waals surface area contributed by atoms with Crippen molar-refractivity contribution in [1.82, 2.24) is 5.32 Å². The summed E-state index contributed by atoms with van der Waals surface area (Å²) in [7, 11) is 0. The molecule has 1 aromatic carbocycles. The van der Waals surface area contributed by atoms with Gasteiger partial charge in [0.1, 0.15) is 0 Å². The van der Waals surface area contributed by atoms with Gasteiger partial charge in [-0.2, -0.15) is 0 Å². The van der Waals surface area contributed by atoms with E-state index in [-0.39, 0.29) is 17.1 Å². The molecule has 0 saturated heterocycles. The number of hydrogen-bond donors (Lipinski definition) is 2. The molecule has 1 saturated carbocycles. The van der Waals surface area contributed by atoms with Crippen molar-refractivity contribution >= 4 is 17.5 Å². The van der Waals surface area contributed by atoms with E-state index in [1.54, 1.807) is 0 Å². The van der Waals surface area contributed by atoms with E-state index in [4.69, 9.17) is 11.6 Å². The van der Waals surface area contributed by atoms with E-state index in [1.165, 1.54) is 18.2 Å². The minimum atomic E-state index is -0.878. The third kappa shape index (κ3) is 3.49. The number of hydrogen-bond acceptors (Lipinski definition) is 2. The molecule has 1 aliphatic rings. The standard InChI is InChI=1S/C15H19ClFNO2/c1-10-5-7-15(20,8-6-10)9-18-14(19)11-3-2-4-12(16)13(11)17/h2-4,10,20H,5-9H2,1H3,(H,18,19). The number of aliphatic hydroxyl groups is 1. The molecule has 0 atom stereocenters. The maximum Gasteiger partial charge on any atom is 0.254 e. The summed E-state index contributed by atoms with van der Waals surface area (Å²) in [5.41, 5.74) is -0.970. The lowest BCUT2D eigenvalue weighted by Crippen LogP contribution is -2.45. The lowest BCUT2D eigenvalue weighted by Gasteiger charge is -2.34. The third-order valence-corrected chi connectivity index (χ3v) is 4.27. The summed E-state index contributed by atoms with van der Waals surface area (Å²) in [5.74, 6) is -0.663. The van der Waals surface area contributed by atoms with E-state index >= 15 is 0 Å². The summed E-state index contributed by atoms with van der Waals surface area (Å²) in [5, 5.41) is 12.9. The number of benzene rings is 1. The largest absolute Gasteiger partial charge is 0.388 e. The average molecular weight is 300 g/mol. The van der Waals surface area contributed by atoms with Crippen molar-refractivity contribution in [2.75, 3.05) is 6.54 Å². The quantitative estimate of drug-likeness (QED) is 0.901. The predicted molar refractivity (Wildman–Crippen MR) is 76.3 cm³/mol. The minimum absolute atomic E-state index is 0.0807. The van der Waals surface area contributed by atoms with Gasteiger partial charge in [-0.3, -0.25) is 4.79 Å². The van der Waals surface area contributed by atoms with Crippen LogP contribution in [0.25, 0.3) is 0 Å². The van der Waals surface area contributed by atoms with Gasteiger partial charge in [-0.05, 0) is 43.7 Å². The van der Waals surface area contributed by atoms with Crippen molar-refractivity contribution < 1.29 is 14.3 Å². The summed E-state index contributed by atoms with van der Waals surface area (Å²) in [6, 6.07) is 4.30. The van der Waals surface area contributed by atoms with Gasteiger partial charge in [0.15, 0.2) is 5.82 Å². The number of halogens is 2. The highest BCUT2D eigenvalue weighted by molar-refractivity contribution is 6.31. The van der Waals surface area contributed by atoms with E-state index in [1.807, 2.05) is 0 Å². The van der Waals surface area contributed by atoms with Crippen molar-refractivity contribution in [3.8, 4) is 0 Å². The van der Waals surface area contributed by atoms with Crippen LogP contribution in [0.4, 0.5) is 4.39 Å². The molecule has 1 fully saturated rings. The van der Waals surface area contributed by atoms with Crippen LogP contribution in [0, 0.1) is 11.7 Å². The first-order chi connectivity index (χ1) is 9.41. The molecule has 1 aliphatic carbocycles. The number of carbonyl (C=O) groups is 1. The second-order valence-electron chi connectivity index (χ2n) is 5.69. The van der Waals surface area contributed by atoms with E-state index in [2.05, 4.69) is 12.2 Å². The molecule has 0 heterocycles. The second kappa shape index (κ2) is 6.10. The monoisotopic (exact) mass is 299 g/mol. The van der Waals surface area contributed by atoms with Crippen LogP contribution in [0.15, 0.2) is 18.2 Å². The summed E-state index contributed by atoms with van der Waals surface area (Å²) < 4.78 is 13.7. The number of nitrogens with one attached hydrogen (secondary N) is 1. The normalized spacial score (nSPS) is 26.3. The first-order valence-corrected chi connectivity index (χ1v) is 7.24. The Labute approximate surface area is 123 Å². The molecule has 2 N–H and O–H groups in total. The Morgan fingerprint density at radius 3 is 2.80 bits per heavy atom. The maximum atomic E-state index is 13.7. The fourth-order valence-corrected chi connectivity index (χ4v) is 2.67. The molecule has 0 radical (unpaired) electrons. The molecule has 20 heavy (non-hydrogen) atoms. The second-order valence-corrected chi connectivity index (χ2v) is 6.10. The Morgan fingerprint density at radius 1 is 1.50 bits per heavy atom. The topological polar surface area (TPSA) is 49.3 Å². The van der Waals surface area contributed by atoms with Crippen LogP contribution in [-0.2, 0) is 0 Å². The molecular formula is C15H19ClFNO2. The van der Waals surface area contributed by atoms with Crippen LogP contribution in [0.2, 0.25) is 5.02 Å². The minimum Gasteiger partial charge on any atom is -0.388 e. The zero-order valence-corrected chi connectivity index (χ0v) is 12.2. The fraction of sp³-hybridized carbons (Fsp3) is 0.533. The average Bonchev–Trinajstić information content (AvgIpc) is 2.43. The Kier molecular flexibility index (Phi) is 4.66. The smallest absolute Gasteiger partial charge is 0.254 e. The Balaban J connectivity index is 1.97. The van der Waals surface area contributed by atoms with Gasteiger partial charge < -0.3 is 10.4 Å². The number of rotatable bonds is 3. The van der Waals surface area contributed by atoms with Crippen molar-refractivity contribution in [2.24, 2.45) is 5.92 Å². The lowest BCUT2D eigenvalue weighted by molar-refractivity contribution is -0.00543. The van der Waals surface area contributed by atoms with E-state index in [9.17, 15) is 14.3 Å². The molecule has 1 aromatic rings. The molecule has 0 aliphatic heterocycles. The highest BCUT2D eigenvalue weighted by Crippen LogP contribution is 2.31. The van der Waals surface area contributed by atoms with Gasteiger partial charge in [0.2, 0.25) is 0 Å². The first kappa shape index (κ1) is 15.3. The van der Waals surface area contributed by atoms with E-state index in [0.717, 1.165) is 12.8 Å². The van der Waals surface area contributed by atoms with Crippen LogP contribution >= 0.6 is 11.6 Å². The molecule has 0 unspecified atom stereocenters. The molecule has 110 valence electrons. The Bertz CT molecular complexity index is 499. The van der Waals surface area contributed by atoms with Crippen molar-refractivity contribution in [3.05, 3.63) is 34.6 Å². The van der Waals surface area contributed by atoms with E-state index < -0.39 is 17.3 Å². The molecule has 3 nitrogen and oxygen atoms in total. The molecule has 2 rings (SSSR count). The molecular weight excluding hydrogens is 281 g/mol. The van der Waals surface area contributed by atoms with Crippen LogP contribution in [-0.4, -0.2) is 23.2 Å².